The van der Waals surface area contributed by atoms with Crippen molar-refractivity contribution >= 4 is 23.5 Å². The maximum Gasteiger partial charge on any atom is 0.308 e. The van der Waals surface area contributed by atoms with Gasteiger partial charge in [0.1, 0.15) is 19.8 Å². The largest absolute Gasteiger partial charge is 0.461 e. The van der Waals surface area contributed by atoms with Crippen molar-refractivity contribution in [2.24, 2.45) is 5.92 Å². The Bertz CT molecular complexity index is 676. The lowest BCUT2D eigenvalue weighted by molar-refractivity contribution is -0.148. The smallest absolute Gasteiger partial charge is 0.308 e. The predicted molar refractivity (Wildman–Crippen MR) is 117 cm³/mol. The maximum atomic E-state index is 11.9. The molecule has 1 rings (SSSR count). The molecule has 3 N–H and O–H groups in total. The van der Waals surface area contributed by atoms with Crippen LogP contribution in [0.3, 0.4) is 0 Å². The van der Waals surface area contributed by atoms with Crippen LogP contribution in [0.15, 0.2) is 24.3 Å². The van der Waals surface area contributed by atoms with Crippen molar-refractivity contribution in [2.45, 2.75) is 40.3 Å². The molecule has 0 atom stereocenters. The first-order chi connectivity index (χ1) is 14.8. The van der Waals surface area contributed by atoms with Crippen LogP contribution in [0.4, 0.5) is 5.69 Å². The average Bonchev–Trinajstić information content (AvgIpc) is 2.72. The number of ether oxygens (including phenoxy) is 3. The molecule has 31 heavy (non-hydrogen) atoms. The average molecular weight is 438 g/mol. The lowest BCUT2D eigenvalue weighted by Gasteiger charge is -2.10. The van der Waals surface area contributed by atoms with E-state index in [-0.39, 0.29) is 43.5 Å². The van der Waals surface area contributed by atoms with Gasteiger partial charge in [0.05, 0.1) is 19.1 Å². The molecule has 0 radical (unpaired) electrons. The molecule has 0 aliphatic carbocycles. The second-order valence-corrected chi connectivity index (χ2v) is 7.57. The minimum Gasteiger partial charge on any atom is -0.461 e. The van der Waals surface area contributed by atoms with E-state index in [9.17, 15) is 14.4 Å². The Morgan fingerprint density at radius 1 is 0.871 bits per heavy atom. The highest BCUT2D eigenvalue weighted by atomic mass is 16.5. The highest BCUT2D eigenvalue weighted by Crippen LogP contribution is 2.11. The predicted octanol–water partition coefficient (Wildman–Crippen LogP) is 1.47. The van der Waals surface area contributed by atoms with Crippen molar-refractivity contribution in [1.82, 2.24) is 10.6 Å². The van der Waals surface area contributed by atoms with Crippen LogP contribution >= 0.6 is 0 Å². The molecule has 0 saturated carbocycles. The summed E-state index contributed by atoms with van der Waals surface area (Å²) < 4.78 is 15.7. The second kappa shape index (κ2) is 15.3. The van der Waals surface area contributed by atoms with Crippen LogP contribution in [-0.2, 0) is 35.2 Å². The van der Waals surface area contributed by atoms with Crippen LogP contribution in [0.2, 0.25) is 0 Å². The third-order valence-electron chi connectivity index (χ3n) is 3.92. The van der Waals surface area contributed by atoms with Crippen molar-refractivity contribution in [1.29, 1.82) is 0 Å². The van der Waals surface area contributed by atoms with Crippen molar-refractivity contribution in [3.8, 4) is 0 Å². The van der Waals surface area contributed by atoms with Crippen molar-refractivity contribution in [3.05, 3.63) is 29.8 Å². The minimum atomic E-state index is -0.368. The number of anilines is 1. The summed E-state index contributed by atoms with van der Waals surface area (Å²) in [6.45, 7) is 9.55. The van der Waals surface area contributed by atoms with E-state index in [0.29, 0.717) is 31.5 Å². The molecule has 1 aromatic rings. The molecule has 2 amide bonds. The fourth-order valence-corrected chi connectivity index (χ4v) is 2.27. The summed E-state index contributed by atoms with van der Waals surface area (Å²) in [5.41, 5.74) is 1.40. The van der Waals surface area contributed by atoms with Gasteiger partial charge in [-0.25, -0.2) is 0 Å². The van der Waals surface area contributed by atoms with Gasteiger partial charge in [-0.1, -0.05) is 39.8 Å². The number of rotatable bonds is 15. The molecule has 0 bridgehead atoms. The van der Waals surface area contributed by atoms with Crippen LogP contribution in [0, 0.1) is 5.92 Å². The van der Waals surface area contributed by atoms with E-state index >= 15 is 0 Å². The zero-order valence-electron chi connectivity index (χ0n) is 18.9. The summed E-state index contributed by atoms with van der Waals surface area (Å²) in [5.74, 6) is -1.11. The van der Waals surface area contributed by atoms with Gasteiger partial charge in [0.25, 0.3) is 0 Å². The normalized spacial score (nSPS) is 10.9. The molecule has 0 aromatic heterocycles. The van der Waals surface area contributed by atoms with Crippen LogP contribution < -0.4 is 16.0 Å². The molecule has 174 valence electrons. The van der Waals surface area contributed by atoms with Gasteiger partial charge in [0, 0.05) is 24.8 Å². The summed E-state index contributed by atoms with van der Waals surface area (Å²) in [4.78, 5) is 35.1. The van der Waals surface area contributed by atoms with Crippen molar-refractivity contribution in [2.75, 3.05) is 44.8 Å². The summed E-state index contributed by atoms with van der Waals surface area (Å²) in [7, 11) is 0. The van der Waals surface area contributed by atoms with Crippen molar-refractivity contribution in [3.63, 3.8) is 0 Å². The van der Waals surface area contributed by atoms with E-state index in [1.165, 1.54) is 0 Å². The number of amides is 2. The number of esters is 1. The minimum absolute atomic E-state index is 0.175. The number of hydrogen-bond acceptors (Lipinski definition) is 7. The number of hydrogen-bond donors (Lipinski definition) is 3. The Hall–Kier alpha value is -2.49. The summed E-state index contributed by atoms with van der Waals surface area (Å²) >= 11 is 0. The molecule has 0 spiro atoms. The fourth-order valence-electron chi connectivity index (χ4n) is 2.27. The molecule has 9 heteroatoms. The van der Waals surface area contributed by atoms with E-state index in [2.05, 4.69) is 29.8 Å². The highest BCUT2D eigenvalue weighted by molar-refractivity contribution is 5.91. The quantitative estimate of drug-likeness (QED) is 0.281. The third kappa shape index (κ3) is 13.4. The standard InChI is InChI=1S/C22H35N3O6/c1-16(2)22(28)31-13-18-5-7-19(8-6-18)25-21(27)15-30-14-20(26)24-10-12-29-11-9-23-17(3)4/h5-8,16-17,23H,9-15H2,1-4H3,(H,24,26)(H,25,27). The highest BCUT2D eigenvalue weighted by Gasteiger charge is 2.09. The lowest BCUT2D eigenvalue weighted by Crippen LogP contribution is -2.33. The zero-order chi connectivity index (χ0) is 23.1. The van der Waals surface area contributed by atoms with Gasteiger partial charge in [-0.15, -0.1) is 0 Å². The first kappa shape index (κ1) is 26.5. The van der Waals surface area contributed by atoms with Crippen LogP contribution in [0.25, 0.3) is 0 Å². The first-order valence-corrected chi connectivity index (χ1v) is 10.5. The van der Waals surface area contributed by atoms with E-state index in [1.54, 1.807) is 38.1 Å². The molecule has 0 saturated heterocycles. The molecule has 0 aliphatic rings. The zero-order valence-corrected chi connectivity index (χ0v) is 18.9. The molecule has 1 aromatic carbocycles. The fraction of sp³-hybridized carbons (Fsp3) is 0.591. The Morgan fingerprint density at radius 3 is 2.16 bits per heavy atom. The van der Waals surface area contributed by atoms with E-state index < -0.39 is 0 Å². The summed E-state index contributed by atoms with van der Waals surface area (Å²) in [5, 5.41) is 8.57. The molecular formula is C22H35N3O6. The Labute approximate surface area is 184 Å². The number of carbonyl (C=O) groups excluding carboxylic acids is 3. The topological polar surface area (TPSA) is 115 Å². The van der Waals surface area contributed by atoms with Gasteiger partial charge in [-0.2, -0.15) is 0 Å². The van der Waals surface area contributed by atoms with Gasteiger partial charge in [0.2, 0.25) is 11.8 Å². The van der Waals surface area contributed by atoms with E-state index in [0.717, 1.165) is 12.1 Å². The number of benzene rings is 1. The van der Waals surface area contributed by atoms with E-state index in [1.807, 2.05) is 0 Å². The summed E-state index contributed by atoms with van der Waals surface area (Å²) in [6.07, 6.45) is 0. The molecular weight excluding hydrogens is 402 g/mol. The van der Waals surface area contributed by atoms with Crippen LogP contribution in [0.5, 0.6) is 0 Å². The first-order valence-electron chi connectivity index (χ1n) is 10.5. The van der Waals surface area contributed by atoms with E-state index in [4.69, 9.17) is 14.2 Å². The Kier molecular flexibility index (Phi) is 13.1. The number of nitrogens with one attached hydrogen (secondary N) is 3. The SMILES string of the molecule is CC(C)NCCOCCNC(=O)COCC(=O)Nc1ccc(COC(=O)C(C)C)cc1. The lowest BCUT2D eigenvalue weighted by atomic mass is 10.2. The maximum absolute atomic E-state index is 11.9. The molecule has 0 unspecified atom stereocenters. The molecule has 0 heterocycles. The molecule has 0 fully saturated rings. The monoisotopic (exact) mass is 437 g/mol. The van der Waals surface area contributed by atoms with Gasteiger partial charge >= 0.3 is 5.97 Å². The van der Waals surface area contributed by atoms with Gasteiger partial charge in [-0.3, -0.25) is 14.4 Å². The van der Waals surface area contributed by atoms with Gasteiger partial charge in [0.15, 0.2) is 0 Å². The molecule has 0 aliphatic heterocycles. The van der Waals surface area contributed by atoms with Crippen molar-refractivity contribution < 1.29 is 28.6 Å². The van der Waals surface area contributed by atoms with Crippen LogP contribution in [-0.4, -0.2) is 63.3 Å². The Balaban J connectivity index is 2.13. The number of carbonyl (C=O) groups is 3. The molecule has 9 nitrogen and oxygen atoms in total. The van der Waals surface area contributed by atoms with Crippen LogP contribution in [0.1, 0.15) is 33.3 Å². The second-order valence-electron chi connectivity index (χ2n) is 7.57. The Morgan fingerprint density at radius 2 is 1.52 bits per heavy atom. The van der Waals surface area contributed by atoms with Gasteiger partial charge in [-0.05, 0) is 17.7 Å². The third-order valence-corrected chi connectivity index (χ3v) is 3.92. The summed E-state index contributed by atoms with van der Waals surface area (Å²) in [6, 6.07) is 7.36. The van der Waals surface area contributed by atoms with Gasteiger partial charge < -0.3 is 30.2 Å².